The molecule has 2 N–H and O–H groups in total. The highest BCUT2D eigenvalue weighted by Crippen LogP contribution is 2.38. The molecule has 0 radical (unpaired) electrons. The largest absolute Gasteiger partial charge is 0.468 e. The SMILES string of the molecule is CN(Cc1ccco1)C1(CN)CCCC1S(C)(=O)=O. The van der Waals surface area contributed by atoms with Crippen LogP contribution in [0.2, 0.25) is 0 Å². The molecule has 108 valence electrons. The van der Waals surface area contributed by atoms with Gasteiger partial charge in [0.25, 0.3) is 0 Å². The van der Waals surface area contributed by atoms with Crippen molar-refractivity contribution in [2.75, 3.05) is 19.8 Å². The highest BCUT2D eigenvalue weighted by atomic mass is 32.2. The first-order valence-corrected chi connectivity index (χ1v) is 8.48. The van der Waals surface area contributed by atoms with E-state index in [4.69, 9.17) is 10.2 Å². The number of nitrogens with zero attached hydrogens (tertiary/aromatic N) is 1. The van der Waals surface area contributed by atoms with E-state index in [1.807, 2.05) is 24.1 Å². The van der Waals surface area contributed by atoms with E-state index in [-0.39, 0.29) is 5.25 Å². The monoisotopic (exact) mass is 286 g/mol. The lowest BCUT2D eigenvalue weighted by molar-refractivity contribution is 0.117. The van der Waals surface area contributed by atoms with Crippen molar-refractivity contribution in [2.24, 2.45) is 5.73 Å². The Morgan fingerprint density at radius 2 is 2.32 bits per heavy atom. The number of hydrogen-bond acceptors (Lipinski definition) is 5. The molecule has 0 saturated heterocycles. The minimum absolute atomic E-state index is 0.349. The Morgan fingerprint density at radius 3 is 2.84 bits per heavy atom. The smallest absolute Gasteiger partial charge is 0.152 e. The molecular formula is C13H22N2O3S. The normalized spacial score (nSPS) is 28.1. The van der Waals surface area contributed by atoms with Crippen LogP contribution in [0, 0.1) is 0 Å². The van der Waals surface area contributed by atoms with E-state index in [0.717, 1.165) is 18.6 Å². The highest BCUT2D eigenvalue weighted by molar-refractivity contribution is 7.91. The van der Waals surface area contributed by atoms with Crippen LogP contribution in [0.25, 0.3) is 0 Å². The van der Waals surface area contributed by atoms with Crippen molar-refractivity contribution in [1.82, 2.24) is 4.90 Å². The number of rotatable bonds is 5. The second-order valence-corrected chi connectivity index (χ2v) is 7.68. The van der Waals surface area contributed by atoms with E-state index in [1.54, 1.807) is 6.26 Å². The third-order valence-electron chi connectivity index (χ3n) is 4.28. The lowest BCUT2D eigenvalue weighted by Gasteiger charge is -2.41. The first-order chi connectivity index (χ1) is 8.90. The molecule has 5 nitrogen and oxygen atoms in total. The van der Waals surface area contributed by atoms with Crippen molar-refractivity contribution in [3.05, 3.63) is 24.2 Å². The molecule has 1 aromatic rings. The molecule has 1 aromatic heterocycles. The maximum absolute atomic E-state index is 12.0. The lowest BCUT2D eigenvalue weighted by atomic mass is 9.95. The average molecular weight is 286 g/mol. The second kappa shape index (κ2) is 5.26. The minimum atomic E-state index is -3.10. The Hall–Kier alpha value is -0.850. The number of likely N-dealkylation sites (N-methyl/N-ethyl adjacent to an activating group) is 1. The summed E-state index contributed by atoms with van der Waals surface area (Å²) < 4.78 is 29.4. The van der Waals surface area contributed by atoms with Crippen LogP contribution >= 0.6 is 0 Å². The Morgan fingerprint density at radius 1 is 1.58 bits per heavy atom. The zero-order valence-electron chi connectivity index (χ0n) is 11.5. The van der Waals surface area contributed by atoms with Crippen molar-refractivity contribution in [3.63, 3.8) is 0 Å². The zero-order valence-corrected chi connectivity index (χ0v) is 12.3. The van der Waals surface area contributed by atoms with E-state index < -0.39 is 15.4 Å². The molecule has 2 unspecified atom stereocenters. The minimum Gasteiger partial charge on any atom is -0.468 e. The van der Waals surface area contributed by atoms with Gasteiger partial charge in [0.05, 0.1) is 23.6 Å². The molecule has 0 bridgehead atoms. The number of furan rings is 1. The van der Waals surface area contributed by atoms with Crippen LogP contribution in [0.5, 0.6) is 0 Å². The van der Waals surface area contributed by atoms with Crippen LogP contribution in [-0.2, 0) is 16.4 Å². The van der Waals surface area contributed by atoms with Gasteiger partial charge >= 0.3 is 0 Å². The van der Waals surface area contributed by atoms with Crippen molar-refractivity contribution in [2.45, 2.75) is 36.6 Å². The van der Waals surface area contributed by atoms with Gasteiger partial charge in [-0.05, 0) is 32.0 Å². The van der Waals surface area contributed by atoms with E-state index in [1.165, 1.54) is 6.26 Å². The number of nitrogens with two attached hydrogens (primary N) is 1. The van der Waals surface area contributed by atoms with Gasteiger partial charge < -0.3 is 10.2 Å². The van der Waals surface area contributed by atoms with Crippen LogP contribution < -0.4 is 5.73 Å². The molecule has 1 heterocycles. The predicted molar refractivity (Wildman–Crippen MR) is 74.4 cm³/mol. The molecular weight excluding hydrogens is 264 g/mol. The molecule has 0 aromatic carbocycles. The van der Waals surface area contributed by atoms with E-state index in [2.05, 4.69) is 0 Å². The fourth-order valence-electron chi connectivity index (χ4n) is 3.26. The maximum atomic E-state index is 12.0. The average Bonchev–Trinajstić information content (AvgIpc) is 2.96. The second-order valence-electron chi connectivity index (χ2n) is 5.45. The number of sulfone groups is 1. The van der Waals surface area contributed by atoms with Gasteiger partial charge in [-0.1, -0.05) is 6.42 Å². The summed E-state index contributed by atoms with van der Waals surface area (Å²) in [7, 11) is -1.17. The zero-order chi connectivity index (χ0) is 14.1. The van der Waals surface area contributed by atoms with Gasteiger partial charge in [-0.15, -0.1) is 0 Å². The third kappa shape index (κ3) is 2.70. The summed E-state index contributed by atoms with van der Waals surface area (Å²) in [6.45, 7) is 0.929. The summed E-state index contributed by atoms with van der Waals surface area (Å²) in [5.74, 6) is 0.828. The molecule has 0 amide bonds. The summed E-state index contributed by atoms with van der Waals surface area (Å²) in [6, 6.07) is 3.73. The van der Waals surface area contributed by atoms with Crippen molar-refractivity contribution in [3.8, 4) is 0 Å². The van der Waals surface area contributed by atoms with Gasteiger partial charge in [0.1, 0.15) is 5.76 Å². The highest BCUT2D eigenvalue weighted by Gasteiger charge is 2.49. The predicted octanol–water partition coefficient (Wildman–Crippen LogP) is 1.01. The van der Waals surface area contributed by atoms with Crippen molar-refractivity contribution >= 4 is 9.84 Å². The Balaban J connectivity index is 2.26. The first kappa shape index (κ1) is 14.6. The summed E-state index contributed by atoms with van der Waals surface area (Å²) in [5, 5.41) is -0.384. The first-order valence-electron chi connectivity index (χ1n) is 6.53. The van der Waals surface area contributed by atoms with E-state index in [9.17, 15) is 8.42 Å². The molecule has 19 heavy (non-hydrogen) atoms. The molecule has 2 atom stereocenters. The Bertz CT molecular complexity index is 512. The third-order valence-corrected chi connectivity index (χ3v) is 5.99. The quantitative estimate of drug-likeness (QED) is 0.874. The van der Waals surface area contributed by atoms with Gasteiger partial charge in [0.2, 0.25) is 0 Å². The fraction of sp³-hybridized carbons (Fsp3) is 0.692. The van der Waals surface area contributed by atoms with Crippen LogP contribution in [0.15, 0.2) is 22.8 Å². The van der Waals surface area contributed by atoms with Crippen molar-refractivity contribution in [1.29, 1.82) is 0 Å². The van der Waals surface area contributed by atoms with Crippen LogP contribution in [0.4, 0.5) is 0 Å². The molecule has 0 spiro atoms. The molecule has 1 aliphatic carbocycles. The molecule has 1 aliphatic rings. The summed E-state index contributed by atoms with van der Waals surface area (Å²) in [4.78, 5) is 2.05. The van der Waals surface area contributed by atoms with E-state index in [0.29, 0.717) is 19.5 Å². The van der Waals surface area contributed by atoms with Gasteiger partial charge in [0.15, 0.2) is 9.84 Å². The lowest BCUT2D eigenvalue weighted by Crippen LogP contribution is -2.58. The summed E-state index contributed by atoms with van der Waals surface area (Å²) in [6.07, 6.45) is 5.35. The van der Waals surface area contributed by atoms with Gasteiger partial charge in [-0.25, -0.2) is 8.42 Å². The molecule has 1 fully saturated rings. The maximum Gasteiger partial charge on any atom is 0.152 e. The summed E-state index contributed by atoms with van der Waals surface area (Å²) >= 11 is 0. The molecule has 1 saturated carbocycles. The molecule has 2 rings (SSSR count). The summed E-state index contributed by atoms with van der Waals surface area (Å²) in [5.41, 5.74) is 5.48. The molecule has 0 aliphatic heterocycles. The fourth-order valence-corrected chi connectivity index (χ4v) is 5.04. The number of hydrogen-bond donors (Lipinski definition) is 1. The molecule has 6 heteroatoms. The van der Waals surface area contributed by atoms with Gasteiger partial charge in [0, 0.05) is 12.8 Å². The van der Waals surface area contributed by atoms with Crippen LogP contribution in [0.3, 0.4) is 0 Å². The van der Waals surface area contributed by atoms with Crippen molar-refractivity contribution < 1.29 is 12.8 Å². The van der Waals surface area contributed by atoms with Crippen LogP contribution in [0.1, 0.15) is 25.0 Å². The Kier molecular flexibility index (Phi) is 4.03. The topological polar surface area (TPSA) is 76.5 Å². The van der Waals surface area contributed by atoms with E-state index >= 15 is 0 Å². The van der Waals surface area contributed by atoms with Gasteiger partial charge in [-0.3, -0.25) is 4.90 Å². The van der Waals surface area contributed by atoms with Gasteiger partial charge in [-0.2, -0.15) is 0 Å². The standard InChI is InChI=1S/C13H22N2O3S/c1-15(9-11-5-4-8-18-11)13(10-14)7-3-6-12(13)19(2,16)17/h4-5,8,12H,3,6-7,9-10,14H2,1-2H3. The van der Waals surface area contributed by atoms with Crippen LogP contribution in [-0.4, -0.2) is 44.0 Å². The Labute approximate surface area is 114 Å².